The normalized spacial score (nSPS) is 10.2. The van der Waals surface area contributed by atoms with E-state index in [4.69, 9.17) is 0 Å². The minimum absolute atomic E-state index is 0.137. The smallest absolute Gasteiger partial charge is 0.230 e. The first-order valence-electron chi connectivity index (χ1n) is 7.74. The topological polar surface area (TPSA) is 109 Å². The zero-order valence-corrected chi connectivity index (χ0v) is 14.7. The number of hydrogen-bond donors (Lipinski definition) is 3. The third kappa shape index (κ3) is 5.08. The number of carbonyl (C=O) groups excluding carboxylic acids is 2. The summed E-state index contributed by atoms with van der Waals surface area (Å²) >= 11 is 1.37. The third-order valence-electron chi connectivity index (χ3n) is 3.14. The van der Waals surface area contributed by atoms with Gasteiger partial charge in [0.05, 0.1) is 12.1 Å². The Kier molecular flexibility index (Phi) is 5.49. The molecule has 2 heterocycles. The zero-order valence-electron chi connectivity index (χ0n) is 13.9. The van der Waals surface area contributed by atoms with Gasteiger partial charge in [-0.3, -0.25) is 9.59 Å². The van der Waals surface area contributed by atoms with E-state index in [1.807, 2.05) is 0 Å². The summed E-state index contributed by atoms with van der Waals surface area (Å²) in [6.07, 6.45) is 3.40. The van der Waals surface area contributed by atoms with E-state index >= 15 is 0 Å². The SMILES string of the molecule is CC(=O)Nc1cccc(NC(=O)Cc2csc(Nc3ncccn3)n2)c1. The third-order valence-corrected chi connectivity index (χ3v) is 3.95. The fourth-order valence-electron chi connectivity index (χ4n) is 2.15. The summed E-state index contributed by atoms with van der Waals surface area (Å²) in [6, 6.07) is 8.68. The summed E-state index contributed by atoms with van der Waals surface area (Å²) in [7, 11) is 0. The molecule has 9 heteroatoms. The molecule has 8 nitrogen and oxygen atoms in total. The molecule has 0 unspecified atom stereocenters. The van der Waals surface area contributed by atoms with E-state index in [0.717, 1.165) is 0 Å². The van der Waals surface area contributed by atoms with Gasteiger partial charge in [-0.05, 0) is 24.3 Å². The van der Waals surface area contributed by atoms with Gasteiger partial charge in [-0.1, -0.05) is 6.07 Å². The van der Waals surface area contributed by atoms with Crippen molar-refractivity contribution in [3.63, 3.8) is 0 Å². The van der Waals surface area contributed by atoms with Gasteiger partial charge in [0.15, 0.2) is 5.13 Å². The van der Waals surface area contributed by atoms with E-state index in [-0.39, 0.29) is 18.2 Å². The van der Waals surface area contributed by atoms with Crippen molar-refractivity contribution in [3.8, 4) is 0 Å². The van der Waals surface area contributed by atoms with Crippen molar-refractivity contribution >= 4 is 45.6 Å². The van der Waals surface area contributed by atoms with Crippen molar-refractivity contribution in [3.05, 3.63) is 53.8 Å². The van der Waals surface area contributed by atoms with Crippen LogP contribution in [0.3, 0.4) is 0 Å². The highest BCUT2D eigenvalue weighted by Crippen LogP contribution is 2.19. The van der Waals surface area contributed by atoms with E-state index in [1.165, 1.54) is 18.3 Å². The van der Waals surface area contributed by atoms with Gasteiger partial charge in [0.1, 0.15) is 0 Å². The van der Waals surface area contributed by atoms with Crippen LogP contribution in [0.25, 0.3) is 0 Å². The molecule has 0 saturated heterocycles. The lowest BCUT2D eigenvalue weighted by Gasteiger charge is -2.07. The Hall–Kier alpha value is -3.33. The molecule has 0 atom stereocenters. The molecular formula is C17H16N6O2S. The van der Waals surface area contributed by atoms with E-state index < -0.39 is 0 Å². The number of thiazole rings is 1. The van der Waals surface area contributed by atoms with Crippen molar-refractivity contribution < 1.29 is 9.59 Å². The van der Waals surface area contributed by atoms with Crippen LogP contribution in [-0.4, -0.2) is 26.8 Å². The number of aromatic nitrogens is 3. The highest BCUT2D eigenvalue weighted by Gasteiger charge is 2.09. The van der Waals surface area contributed by atoms with Gasteiger partial charge in [0, 0.05) is 36.1 Å². The maximum absolute atomic E-state index is 12.2. The van der Waals surface area contributed by atoms with E-state index in [1.54, 1.807) is 48.1 Å². The minimum Gasteiger partial charge on any atom is -0.326 e. The van der Waals surface area contributed by atoms with Gasteiger partial charge in [0.2, 0.25) is 17.8 Å². The average molecular weight is 368 g/mol. The van der Waals surface area contributed by atoms with Crippen molar-refractivity contribution in [1.82, 2.24) is 15.0 Å². The lowest BCUT2D eigenvalue weighted by Crippen LogP contribution is -2.15. The van der Waals surface area contributed by atoms with Gasteiger partial charge in [-0.15, -0.1) is 11.3 Å². The summed E-state index contributed by atoms with van der Waals surface area (Å²) in [6.45, 7) is 1.43. The van der Waals surface area contributed by atoms with Crippen LogP contribution < -0.4 is 16.0 Å². The standard InChI is InChI=1S/C17H16N6O2S/c1-11(24)20-12-4-2-5-13(8-12)21-15(25)9-14-10-26-17(22-14)23-16-18-6-3-7-19-16/h2-8,10H,9H2,1H3,(H,20,24)(H,21,25)(H,18,19,22,23). The zero-order chi connectivity index (χ0) is 18.4. The Morgan fingerprint density at radius 3 is 2.54 bits per heavy atom. The molecule has 3 N–H and O–H groups in total. The van der Waals surface area contributed by atoms with Crippen LogP contribution in [0, 0.1) is 0 Å². The predicted octanol–water partition coefficient (Wildman–Crippen LogP) is 2.82. The summed E-state index contributed by atoms with van der Waals surface area (Å²) in [5, 5.41) is 10.9. The number of carbonyl (C=O) groups is 2. The first kappa shape index (κ1) is 17.5. The van der Waals surface area contributed by atoms with Crippen molar-refractivity contribution in [2.24, 2.45) is 0 Å². The van der Waals surface area contributed by atoms with Gasteiger partial charge < -0.3 is 16.0 Å². The Bertz CT molecular complexity index is 912. The summed E-state index contributed by atoms with van der Waals surface area (Å²) < 4.78 is 0. The van der Waals surface area contributed by atoms with Crippen LogP contribution >= 0.6 is 11.3 Å². The summed E-state index contributed by atoms with van der Waals surface area (Å²) in [5.41, 5.74) is 1.87. The van der Waals surface area contributed by atoms with E-state index in [2.05, 4.69) is 30.9 Å². The highest BCUT2D eigenvalue weighted by atomic mass is 32.1. The molecule has 0 aliphatic carbocycles. The van der Waals surface area contributed by atoms with Crippen molar-refractivity contribution in [1.29, 1.82) is 0 Å². The summed E-state index contributed by atoms with van der Waals surface area (Å²) in [5.74, 6) is 0.0869. The second-order valence-corrected chi connectivity index (χ2v) is 6.19. The number of nitrogens with one attached hydrogen (secondary N) is 3. The van der Waals surface area contributed by atoms with Gasteiger partial charge in [-0.2, -0.15) is 0 Å². The lowest BCUT2D eigenvalue weighted by molar-refractivity contribution is -0.116. The largest absolute Gasteiger partial charge is 0.326 e. The molecule has 0 radical (unpaired) electrons. The first-order chi connectivity index (χ1) is 12.6. The molecule has 26 heavy (non-hydrogen) atoms. The fraction of sp³-hybridized carbons (Fsp3) is 0.118. The molecule has 3 aromatic rings. The quantitative estimate of drug-likeness (QED) is 0.617. The van der Waals surface area contributed by atoms with Crippen molar-refractivity contribution in [2.75, 3.05) is 16.0 Å². The Morgan fingerprint density at radius 2 is 1.81 bits per heavy atom. The second kappa shape index (κ2) is 8.17. The maximum Gasteiger partial charge on any atom is 0.230 e. The molecule has 2 aromatic heterocycles. The molecule has 1 aromatic carbocycles. The molecule has 0 spiro atoms. The monoisotopic (exact) mass is 368 g/mol. The van der Waals surface area contributed by atoms with Crippen molar-refractivity contribution in [2.45, 2.75) is 13.3 Å². The number of hydrogen-bond acceptors (Lipinski definition) is 7. The second-order valence-electron chi connectivity index (χ2n) is 5.33. The van der Waals surface area contributed by atoms with Crippen LogP contribution in [0.5, 0.6) is 0 Å². The van der Waals surface area contributed by atoms with E-state index in [9.17, 15) is 9.59 Å². The molecule has 0 saturated carbocycles. The summed E-state index contributed by atoms with van der Waals surface area (Å²) in [4.78, 5) is 35.8. The Labute approximate surface area is 153 Å². The molecular weight excluding hydrogens is 352 g/mol. The molecule has 0 aliphatic heterocycles. The molecule has 0 bridgehead atoms. The number of nitrogens with zero attached hydrogens (tertiary/aromatic N) is 3. The predicted molar refractivity (Wildman–Crippen MR) is 101 cm³/mol. The number of amides is 2. The van der Waals surface area contributed by atoms with Gasteiger partial charge in [-0.25, -0.2) is 15.0 Å². The Balaban J connectivity index is 1.58. The molecule has 132 valence electrons. The highest BCUT2D eigenvalue weighted by molar-refractivity contribution is 7.13. The van der Waals surface area contributed by atoms with Gasteiger partial charge in [0.25, 0.3) is 0 Å². The van der Waals surface area contributed by atoms with Crippen LogP contribution in [-0.2, 0) is 16.0 Å². The number of benzene rings is 1. The van der Waals surface area contributed by atoms with Crippen LogP contribution in [0.2, 0.25) is 0 Å². The van der Waals surface area contributed by atoms with Crippen LogP contribution in [0.4, 0.5) is 22.5 Å². The van der Waals surface area contributed by atoms with Gasteiger partial charge >= 0.3 is 0 Å². The minimum atomic E-state index is -0.196. The average Bonchev–Trinajstić information content (AvgIpc) is 3.02. The molecule has 0 fully saturated rings. The molecule has 2 amide bonds. The first-order valence-corrected chi connectivity index (χ1v) is 8.62. The van der Waals surface area contributed by atoms with E-state index in [0.29, 0.717) is 28.1 Å². The number of rotatable bonds is 6. The maximum atomic E-state index is 12.2. The van der Waals surface area contributed by atoms with Crippen LogP contribution in [0.1, 0.15) is 12.6 Å². The Morgan fingerprint density at radius 1 is 1.08 bits per heavy atom. The fourth-order valence-corrected chi connectivity index (χ4v) is 2.86. The number of anilines is 4. The lowest BCUT2D eigenvalue weighted by atomic mass is 10.2. The molecule has 3 rings (SSSR count). The van der Waals surface area contributed by atoms with Crippen LogP contribution in [0.15, 0.2) is 48.1 Å². The molecule has 0 aliphatic rings.